The molecule has 1 aromatic heterocycles. The number of amides is 1. The van der Waals surface area contributed by atoms with E-state index in [0.29, 0.717) is 16.3 Å². The van der Waals surface area contributed by atoms with E-state index in [1.54, 1.807) is 6.92 Å². The Balaban J connectivity index is 1.84. The summed E-state index contributed by atoms with van der Waals surface area (Å²) >= 11 is 1.30. The highest BCUT2D eigenvalue weighted by molar-refractivity contribution is 7.15. The van der Waals surface area contributed by atoms with Gasteiger partial charge in [0, 0.05) is 10.9 Å². The number of anilines is 1. The molecule has 6 heteroatoms. The highest BCUT2D eigenvalue weighted by Crippen LogP contribution is 2.38. The molecule has 1 heterocycles. The predicted octanol–water partition coefficient (Wildman–Crippen LogP) is 5.84. The van der Waals surface area contributed by atoms with E-state index in [-0.39, 0.29) is 19.1 Å². The quantitative estimate of drug-likeness (QED) is 0.472. The molecule has 5 nitrogen and oxygen atoms in total. The van der Waals surface area contributed by atoms with Gasteiger partial charge < -0.3 is 14.8 Å². The summed E-state index contributed by atoms with van der Waals surface area (Å²) in [6.07, 6.45) is 0. The van der Waals surface area contributed by atoms with E-state index in [1.807, 2.05) is 63.4 Å². The molecule has 0 fully saturated rings. The molecule has 1 N–H and O–H groups in total. The van der Waals surface area contributed by atoms with Crippen molar-refractivity contribution in [2.24, 2.45) is 0 Å². The van der Waals surface area contributed by atoms with Gasteiger partial charge in [-0.1, -0.05) is 29.8 Å². The second kappa shape index (κ2) is 9.79. The van der Waals surface area contributed by atoms with Gasteiger partial charge in [0.05, 0.1) is 6.61 Å². The van der Waals surface area contributed by atoms with E-state index in [2.05, 4.69) is 11.4 Å². The lowest BCUT2D eigenvalue weighted by atomic mass is 9.97. The number of rotatable bonds is 7. The van der Waals surface area contributed by atoms with Crippen LogP contribution < -0.4 is 10.1 Å². The summed E-state index contributed by atoms with van der Waals surface area (Å²) in [6, 6.07) is 11.9. The zero-order valence-corrected chi connectivity index (χ0v) is 19.3. The van der Waals surface area contributed by atoms with Gasteiger partial charge in [0.1, 0.15) is 16.3 Å². The zero-order valence-electron chi connectivity index (χ0n) is 18.5. The Labute approximate surface area is 187 Å². The van der Waals surface area contributed by atoms with Crippen molar-refractivity contribution in [2.45, 2.75) is 34.6 Å². The molecular weight excluding hydrogens is 410 g/mol. The SMILES string of the molecule is CCOC(=O)c1c(-c2ccc(C)cc2C)csc1NC(=O)COc1cc(C)cc(C)c1. The predicted molar refractivity (Wildman–Crippen MR) is 125 cm³/mol. The summed E-state index contributed by atoms with van der Waals surface area (Å²) in [7, 11) is 0. The van der Waals surface area contributed by atoms with Gasteiger partial charge in [-0.05, 0) is 69.0 Å². The van der Waals surface area contributed by atoms with Crippen LogP contribution in [0.4, 0.5) is 5.00 Å². The summed E-state index contributed by atoms with van der Waals surface area (Å²) in [5.41, 5.74) is 6.40. The van der Waals surface area contributed by atoms with Crippen molar-refractivity contribution in [1.29, 1.82) is 0 Å². The van der Waals surface area contributed by atoms with Crippen molar-refractivity contribution in [2.75, 3.05) is 18.5 Å². The first-order valence-corrected chi connectivity index (χ1v) is 11.0. The first-order chi connectivity index (χ1) is 14.8. The van der Waals surface area contributed by atoms with E-state index in [0.717, 1.165) is 33.4 Å². The molecule has 0 radical (unpaired) electrons. The minimum absolute atomic E-state index is 0.151. The van der Waals surface area contributed by atoms with Gasteiger partial charge in [-0.15, -0.1) is 11.3 Å². The second-order valence-electron chi connectivity index (χ2n) is 7.55. The van der Waals surface area contributed by atoms with Gasteiger partial charge in [-0.25, -0.2) is 4.79 Å². The van der Waals surface area contributed by atoms with Crippen molar-refractivity contribution in [3.05, 3.63) is 69.6 Å². The van der Waals surface area contributed by atoms with Crippen molar-refractivity contribution in [3.63, 3.8) is 0 Å². The molecule has 162 valence electrons. The average Bonchev–Trinajstić information content (AvgIpc) is 3.09. The number of hydrogen-bond donors (Lipinski definition) is 1. The summed E-state index contributed by atoms with van der Waals surface area (Å²) in [5.74, 6) is -0.150. The van der Waals surface area contributed by atoms with E-state index in [9.17, 15) is 9.59 Å². The molecule has 0 aliphatic rings. The molecule has 0 aliphatic heterocycles. The Bertz CT molecular complexity index is 1100. The number of aryl methyl sites for hydroxylation is 4. The third-order valence-corrected chi connectivity index (χ3v) is 5.66. The molecule has 31 heavy (non-hydrogen) atoms. The van der Waals surface area contributed by atoms with Gasteiger partial charge in [0.25, 0.3) is 5.91 Å². The summed E-state index contributed by atoms with van der Waals surface area (Å²) in [4.78, 5) is 25.3. The molecule has 0 bridgehead atoms. The van der Waals surface area contributed by atoms with Gasteiger partial charge >= 0.3 is 5.97 Å². The van der Waals surface area contributed by atoms with Crippen molar-refractivity contribution >= 4 is 28.2 Å². The number of esters is 1. The van der Waals surface area contributed by atoms with E-state index in [4.69, 9.17) is 9.47 Å². The minimum atomic E-state index is -0.454. The second-order valence-corrected chi connectivity index (χ2v) is 8.43. The normalized spacial score (nSPS) is 10.6. The zero-order chi connectivity index (χ0) is 22.5. The Morgan fingerprint density at radius 1 is 0.935 bits per heavy atom. The maximum Gasteiger partial charge on any atom is 0.341 e. The first-order valence-electron chi connectivity index (χ1n) is 10.2. The van der Waals surface area contributed by atoms with Crippen LogP contribution in [0.3, 0.4) is 0 Å². The lowest BCUT2D eigenvalue weighted by Crippen LogP contribution is -2.21. The van der Waals surface area contributed by atoms with Gasteiger partial charge in [0.15, 0.2) is 6.61 Å². The molecule has 0 unspecified atom stereocenters. The highest BCUT2D eigenvalue weighted by Gasteiger charge is 2.23. The lowest BCUT2D eigenvalue weighted by molar-refractivity contribution is -0.118. The number of nitrogens with one attached hydrogen (secondary N) is 1. The van der Waals surface area contributed by atoms with Crippen molar-refractivity contribution in [3.8, 4) is 16.9 Å². The van der Waals surface area contributed by atoms with E-state index < -0.39 is 5.97 Å². The van der Waals surface area contributed by atoms with Gasteiger partial charge in [-0.3, -0.25) is 4.79 Å². The molecule has 0 saturated heterocycles. The third-order valence-electron chi connectivity index (χ3n) is 4.76. The molecule has 3 rings (SSSR count). The Kier molecular flexibility index (Phi) is 7.13. The standard InChI is InChI=1S/C25H27NO4S/c1-6-29-25(28)23-21(20-8-7-15(2)10-18(20)5)14-31-24(23)26-22(27)13-30-19-11-16(3)9-17(4)12-19/h7-12,14H,6,13H2,1-5H3,(H,26,27). The van der Waals surface area contributed by atoms with Crippen molar-refractivity contribution in [1.82, 2.24) is 0 Å². The summed E-state index contributed by atoms with van der Waals surface area (Å²) < 4.78 is 10.9. The third kappa shape index (κ3) is 5.52. The fourth-order valence-electron chi connectivity index (χ4n) is 3.50. The fraction of sp³-hybridized carbons (Fsp3) is 0.280. The number of carbonyl (C=O) groups is 2. The topological polar surface area (TPSA) is 64.6 Å². The summed E-state index contributed by atoms with van der Waals surface area (Å²) in [5, 5.41) is 5.16. The first kappa shape index (κ1) is 22.6. The maximum atomic E-state index is 12.7. The van der Waals surface area contributed by atoms with Crippen LogP contribution in [0.5, 0.6) is 5.75 Å². The largest absolute Gasteiger partial charge is 0.484 e. The summed E-state index contributed by atoms with van der Waals surface area (Å²) in [6.45, 7) is 9.85. The van der Waals surface area contributed by atoms with Crippen LogP contribution in [0, 0.1) is 27.7 Å². The molecule has 0 atom stereocenters. The van der Waals surface area contributed by atoms with Crippen LogP contribution in [0.1, 0.15) is 39.5 Å². The Morgan fingerprint density at radius 3 is 2.29 bits per heavy atom. The number of carbonyl (C=O) groups excluding carboxylic acids is 2. The van der Waals surface area contributed by atoms with Crippen LogP contribution >= 0.6 is 11.3 Å². The molecule has 0 aliphatic carbocycles. The van der Waals surface area contributed by atoms with Crippen molar-refractivity contribution < 1.29 is 19.1 Å². The molecule has 2 aromatic carbocycles. The molecular formula is C25H27NO4S. The van der Waals surface area contributed by atoms with E-state index in [1.165, 1.54) is 11.3 Å². The monoisotopic (exact) mass is 437 g/mol. The van der Waals surface area contributed by atoms with Crippen LogP contribution in [0.2, 0.25) is 0 Å². The van der Waals surface area contributed by atoms with Crippen LogP contribution in [0.15, 0.2) is 41.8 Å². The molecule has 0 spiro atoms. The molecule has 3 aromatic rings. The van der Waals surface area contributed by atoms with E-state index >= 15 is 0 Å². The highest BCUT2D eigenvalue weighted by atomic mass is 32.1. The average molecular weight is 438 g/mol. The Morgan fingerprint density at radius 2 is 1.65 bits per heavy atom. The smallest absolute Gasteiger partial charge is 0.341 e. The van der Waals surface area contributed by atoms with Crippen LogP contribution in [0.25, 0.3) is 11.1 Å². The minimum Gasteiger partial charge on any atom is -0.484 e. The lowest BCUT2D eigenvalue weighted by Gasteiger charge is -2.11. The molecule has 0 saturated carbocycles. The Hall–Kier alpha value is -3.12. The van der Waals surface area contributed by atoms with Gasteiger partial charge in [-0.2, -0.15) is 0 Å². The number of benzene rings is 2. The van der Waals surface area contributed by atoms with Crippen LogP contribution in [-0.4, -0.2) is 25.1 Å². The van der Waals surface area contributed by atoms with Crippen LogP contribution in [-0.2, 0) is 9.53 Å². The molecule has 1 amide bonds. The van der Waals surface area contributed by atoms with Gasteiger partial charge in [0.2, 0.25) is 0 Å². The number of hydrogen-bond acceptors (Lipinski definition) is 5. The number of thiophene rings is 1. The fourth-order valence-corrected chi connectivity index (χ4v) is 4.46. The number of ether oxygens (including phenoxy) is 2. The maximum absolute atomic E-state index is 12.7.